The van der Waals surface area contributed by atoms with Crippen molar-refractivity contribution in [3.63, 3.8) is 0 Å². The Morgan fingerprint density at radius 3 is 0.759 bits per heavy atom. The van der Waals surface area contributed by atoms with Gasteiger partial charge in [-0.1, -0.05) is 0 Å². The number of pyridine rings is 1. The minimum absolute atomic E-state index is 0.180. The molecule has 4 aliphatic carbocycles. The van der Waals surface area contributed by atoms with E-state index in [0.717, 1.165) is 6.54 Å². The molecule has 1 saturated heterocycles. The van der Waals surface area contributed by atoms with Crippen LogP contribution < -0.4 is 4.57 Å². The van der Waals surface area contributed by atoms with Gasteiger partial charge in [-0.2, -0.15) is 13.2 Å². The van der Waals surface area contributed by atoms with Gasteiger partial charge in [-0.25, -0.2) is 13.0 Å². The van der Waals surface area contributed by atoms with Crippen molar-refractivity contribution in [2.24, 2.45) is 7.05 Å². The fraction of sp³-hybridized carbons (Fsp3) is 0.100. The smallest absolute Gasteiger partial charge is 0.485 e. The van der Waals surface area contributed by atoms with Gasteiger partial charge in [0.1, 0.15) is 7.05 Å². The van der Waals surface area contributed by atoms with Crippen LogP contribution in [0.15, 0.2) is 24.5 Å². The van der Waals surface area contributed by atoms with Crippen molar-refractivity contribution >= 4 is 301 Å². The quantitative estimate of drug-likeness (QED) is 0.0711. The number of rotatable bonds is 1. The Morgan fingerprint density at radius 2 is 0.570 bits per heavy atom. The Labute approximate surface area is 429 Å². The van der Waals surface area contributed by atoms with Crippen LogP contribution in [0.3, 0.4) is 0 Å². The molecule has 1 fully saturated rings. The van der Waals surface area contributed by atoms with Gasteiger partial charge < -0.3 is 4.55 Å². The van der Waals surface area contributed by atoms with Gasteiger partial charge in [0.15, 0.2) is 22.5 Å². The highest BCUT2D eigenvalue weighted by Crippen LogP contribution is 2.87. The maximum absolute atomic E-state index is 10.7. The molecule has 5 nitrogen and oxygen atoms in total. The number of aryl methyl sites for hydroxylation is 1. The largest absolute Gasteiger partial charge is 0.741 e. The van der Waals surface area contributed by atoms with E-state index in [4.69, 9.17) is 13.0 Å². The third-order valence-electron chi connectivity index (χ3n) is 26.5. The first-order valence-corrected chi connectivity index (χ1v) is 29.3. The topological polar surface area (TPSA) is 64.3 Å². The normalized spacial score (nSPS) is 22.8. The standard InChI is InChI=1S/C69H13N2.CHF3O3S/c1-70-5-3-8(4-6-70)67-69-65-59-53-43-31-23-15-11-9-10-13-17(15)25(31)35-29-21(13)22-14(10)18-16-12(9)20-19(11)27-33(23)41-47-37(27)38-28(20)34-24(16)32-26(18)36-30(22)40-39(29)51(45(35)53)61(65)62-52(40)46(36)54-44(32)50-42(34)48(38)56-55(47)63(57(59)49(41)43)68(69,7-71(67)2)64(56)58(50)60(54)66(62)69;2-1(3,4)8(5,6)7/h3-6,67H,7H2,1-2H3;(H,5,6,7)/q+1;/p-1. The summed E-state index contributed by atoms with van der Waals surface area (Å²) in [6.07, 6.45) is 4.75. The van der Waals surface area contributed by atoms with Crippen LogP contribution in [0.2, 0.25) is 0 Å². The highest BCUT2D eigenvalue weighted by molar-refractivity contribution is 7.86. The molecule has 34 rings (SSSR count). The number of nitrogens with zero attached hydrogens (tertiary/aromatic N) is 2. The molecule has 348 valence electrons. The molecule has 79 heavy (non-hydrogen) atoms. The summed E-state index contributed by atoms with van der Waals surface area (Å²) in [5, 5.41) is 90.5. The molecule has 1 aliphatic heterocycles. The second kappa shape index (κ2) is 7.59. The van der Waals surface area contributed by atoms with Gasteiger partial charge in [0.05, 0.1) is 16.9 Å². The number of aromatic nitrogens is 1. The molecule has 0 saturated carbocycles. The van der Waals surface area contributed by atoms with Crippen molar-refractivity contribution in [3.05, 3.63) is 52.3 Å². The lowest BCUT2D eigenvalue weighted by Gasteiger charge is -2.52. The number of likely N-dealkylation sites (tertiary alicyclic amines) is 1. The van der Waals surface area contributed by atoms with Gasteiger partial charge in [-0.05, 0) is 326 Å². The number of halogens is 3. The van der Waals surface area contributed by atoms with Crippen molar-refractivity contribution in [3.8, 4) is 0 Å². The average Bonchev–Trinajstić information content (AvgIpc) is 1.39. The third-order valence-corrected chi connectivity index (χ3v) is 27.1. The summed E-state index contributed by atoms with van der Waals surface area (Å²) < 4.78 is 61.2. The molecule has 1 aromatic heterocycles. The van der Waals surface area contributed by atoms with Crippen LogP contribution in [-0.4, -0.2) is 37.0 Å². The van der Waals surface area contributed by atoms with Gasteiger partial charge >= 0.3 is 5.51 Å². The lowest BCUT2D eigenvalue weighted by molar-refractivity contribution is -0.671. The Morgan fingerprint density at radius 1 is 0.392 bits per heavy atom. The van der Waals surface area contributed by atoms with E-state index in [-0.39, 0.29) is 16.9 Å². The van der Waals surface area contributed by atoms with E-state index in [1.807, 2.05) is 0 Å². The monoisotopic (exact) mass is 1020 g/mol. The van der Waals surface area contributed by atoms with Crippen molar-refractivity contribution < 1.29 is 30.7 Å². The average molecular weight is 1020 g/mol. The molecular weight excluding hydrogens is 1010 g/mol. The summed E-state index contributed by atoms with van der Waals surface area (Å²) >= 11 is 0. The van der Waals surface area contributed by atoms with Gasteiger partial charge in [0.25, 0.3) is 0 Å². The number of hydrogen-bond donors (Lipinski definition) is 0. The summed E-state index contributed by atoms with van der Waals surface area (Å²) in [6.45, 7) is 1.05. The number of alkyl halides is 3. The van der Waals surface area contributed by atoms with E-state index in [9.17, 15) is 13.2 Å². The van der Waals surface area contributed by atoms with Crippen molar-refractivity contribution in [2.75, 3.05) is 13.6 Å². The fourth-order valence-corrected chi connectivity index (χ4v) is 26.2. The molecule has 5 aliphatic rings. The van der Waals surface area contributed by atoms with E-state index in [1.54, 1.807) is 313 Å². The summed E-state index contributed by atoms with van der Waals surface area (Å²) in [5.74, 6) is 0. The molecule has 2 heterocycles. The maximum Gasteiger partial charge on any atom is 0.485 e. The van der Waals surface area contributed by atoms with Crippen LogP contribution in [0.1, 0.15) is 33.9 Å². The van der Waals surface area contributed by atoms with E-state index in [0.29, 0.717) is 0 Å². The highest BCUT2D eigenvalue weighted by atomic mass is 32.2. The molecule has 28 aromatic carbocycles. The number of likely N-dealkylation sites (N-methyl/N-ethyl adjacent to an activating group) is 1. The Bertz CT molecular complexity index is 7670. The zero-order chi connectivity index (χ0) is 49.3. The van der Waals surface area contributed by atoms with Crippen LogP contribution >= 0.6 is 0 Å². The summed E-state index contributed by atoms with van der Waals surface area (Å²) in [7, 11) is -1.30. The van der Waals surface area contributed by atoms with Crippen LogP contribution in [-0.2, 0) is 28.0 Å². The molecule has 1 unspecified atom stereocenters. The highest BCUT2D eigenvalue weighted by Gasteiger charge is 2.76. The molecule has 9 heteroatoms. The van der Waals surface area contributed by atoms with Crippen LogP contribution in [0.5, 0.6) is 0 Å². The molecule has 2 spiro atoms. The molecule has 0 radical (unpaired) electrons. The number of hydrogen-bond acceptors (Lipinski definition) is 4. The molecule has 1 atom stereocenters. The predicted molar refractivity (Wildman–Crippen MR) is 313 cm³/mol. The second-order valence-electron chi connectivity index (χ2n) is 27.5. The lowest BCUT2D eigenvalue weighted by Crippen LogP contribution is -2.52. The van der Waals surface area contributed by atoms with Crippen LogP contribution in [0, 0.1) is 0 Å². The van der Waals surface area contributed by atoms with Crippen molar-refractivity contribution in [1.82, 2.24) is 4.90 Å². The maximum atomic E-state index is 10.7. The van der Waals surface area contributed by atoms with E-state index >= 15 is 0 Å². The van der Waals surface area contributed by atoms with Crippen molar-refractivity contribution in [2.45, 2.75) is 22.4 Å². The van der Waals surface area contributed by atoms with E-state index in [1.165, 1.54) is 5.56 Å². The summed E-state index contributed by atoms with van der Waals surface area (Å²) in [5.41, 5.74) is 2.42. The summed E-state index contributed by atoms with van der Waals surface area (Å²) in [6, 6.07) is 5.28. The molecule has 0 amide bonds. The summed E-state index contributed by atoms with van der Waals surface area (Å²) in [4.78, 5) is 2.94. The minimum atomic E-state index is -6.09. The lowest BCUT2D eigenvalue weighted by atomic mass is 9.47. The van der Waals surface area contributed by atoms with Crippen LogP contribution in [0.25, 0.3) is 291 Å². The fourth-order valence-electron chi connectivity index (χ4n) is 26.2. The van der Waals surface area contributed by atoms with E-state index < -0.39 is 15.6 Å². The van der Waals surface area contributed by atoms with Gasteiger partial charge in [0, 0.05) is 18.7 Å². The Balaban J connectivity index is 0.000000432. The Hall–Kier alpha value is -8.73. The van der Waals surface area contributed by atoms with Gasteiger partial charge in [0.2, 0.25) is 0 Å². The zero-order valence-corrected chi connectivity index (χ0v) is 41.1. The van der Waals surface area contributed by atoms with Crippen LogP contribution in [0.4, 0.5) is 13.2 Å². The SMILES string of the molecule is CN1CC23c4c5c6c7c8c9c(c%10c%11c2c2c4c4c%12c5c5c6c6c8c8c%13c9c9c%10c%10c%11c%11c2c2c4c4c%12c%12c5c5c6c8c6c8c%13c9c9c%10c%10c%11c2c2c4c4c%12c5c6c5c8c9c%10c2c45)C73C1c1cc[n+](C)cc1.O=S(=O)([O-])C(F)(F)F. The first-order chi connectivity index (χ1) is 38.5. The first-order valence-electron chi connectivity index (χ1n) is 27.9. The number of benzene rings is 18. The van der Waals surface area contributed by atoms with Gasteiger partial charge in [-0.3, -0.25) is 4.90 Å². The predicted octanol–water partition coefficient (Wildman–Crippen LogP) is 16.9. The Kier molecular flexibility index (Phi) is 3.16. The van der Waals surface area contributed by atoms with Gasteiger partial charge in [-0.15, -0.1) is 0 Å². The van der Waals surface area contributed by atoms with Crippen molar-refractivity contribution in [1.29, 1.82) is 0 Å². The third kappa shape index (κ3) is 1.94. The minimum Gasteiger partial charge on any atom is -0.741 e. The molecule has 0 bridgehead atoms. The molecular formula is C70H13F3N2O3S. The zero-order valence-electron chi connectivity index (χ0n) is 40.3. The van der Waals surface area contributed by atoms with E-state index in [2.05, 4.69) is 48.1 Å². The molecule has 29 aromatic rings. The molecule has 0 N–H and O–H groups in total. The first kappa shape index (κ1) is 32.9. The second-order valence-corrected chi connectivity index (χ2v) is 28.8.